The Morgan fingerprint density at radius 1 is 1.00 bits per heavy atom. The average Bonchev–Trinajstić information content (AvgIpc) is 2.56. The molecule has 0 radical (unpaired) electrons. The van der Waals surface area contributed by atoms with Crippen molar-refractivity contribution in [1.29, 1.82) is 0 Å². The van der Waals surface area contributed by atoms with E-state index in [0.717, 1.165) is 0 Å². The van der Waals surface area contributed by atoms with Crippen molar-refractivity contribution in [3.63, 3.8) is 0 Å². The molecule has 2 rings (SSSR count). The van der Waals surface area contributed by atoms with E-state index in [9.17, 15) is 9.59 Å². The van der Waals surface area contributed by atoms with Gasteiger partial charge in [-0.25, -0.2) is 0 Å². The van der Waals surface area contributed by atoms with Crippen LogP contribution in [0.4, 0.5) is 11.4 Å². The molecule has 0 aliphatic heterocycles. The standard InChI is InChI=1S/C18H19Cl2N3O3/c1-23(11-18(25)22-15-6-4-3-5-13(15)19)10-17(24)21-12-7-8-16(26-2)14(20)9-12/h3-9H,10-11H2,1-2H3,(H,21,24)(H,22,25). The van der Waals surface area contributed by atoms with Gasteiger partial charge in [-0.3, -0.25) is 14.5 Å². The summed E-state index contributed by atoms with van der Waals surface area (Å²) >= 11 is 12.0. The van der Waals surface area contributed by atoms with E-state index in [2.05, 4.69) is 10.6 Å². The van der Waals surface area contributed by atoms with E-state index >= 15 is 0 Å². The minimum atomic E-state index is -0.265. The first-order valence-electron chi connectivity index (χ1n) is 7.75. The Morgan fingerprint density at radius 2 is 1.65 bits per heavy atom. The van der Waals surface area contributed by atoms with Gasteiger partial charge in [-0.1, -0.05) is 35.3 Å². The number of anilines is 2. The van der Waals surface area contributed by atoms with Crippen LogP contribution in [0.5, 0.6) is 5.75 Å². The van der Waals surface area contributed by atoms with Crippen molar-refractivity contribution in [2.75, 3.05) is 37.9 Å². The summed E-state index contributed by atoms with van der Waals surface area (Å²) in [5.41, 5.74) is 1.08. The molecule has 0 aliphatic rings. The molecule has 0 spiro atoms. The highest BCUT2D eigenvalue weighted by Crippen LogP contribution is 2.27. The van der Waals surface area contributed by atoms with Gasteiger partial charge in [-0.05, 0) is 37.4 Å². The number of amides is 2. The molecule has 138 valence electrons. The first-order chi connectivity index (χ1) is 12.4. The van der Waals surface area contributed by atoms with Gasteiger partial charge >= 0.3 is 0 Å². The number of hydrogen-bond acceptors (Lipinski definition) is 4. The number of ether oxygens (including phenoxy) is 1. The molecule has 0 unspecified atom stereocenters. The summed E-state index contributed by atoms with van der Waals surface area (Å²) in [6.45, 7) is 0.0849. The van der Waals surface area contributed by atoms with Crippen LogP contribution in [0.3, 0.4) is 0 Å². The molecule has 26 heavy (non-hydrogen) atoms. The topological polar surface area (TPSA) is 70.7 Å². The number of carbonyl (C=O) groups is 2. The lowest BCUT2D eigenvalue weighted by Gasteiger charge is -2.16. The number of methoxy groups -OCH3 is 1. The van der Waals surface area contributed by atoms with E-state index in [1.54, 1.807) is 54.4 Å². The number of nitrogens with zero attached hydrogens (tertiary/aromatic N) is 1. The maximum Gasteiger partial charge on any atom is 0.238 e. The number of benzene rings is 2. The number of hydrogen-bond donors (Lipinski definition) is 2. The summed E-state index contributed by atoms with van der Waals surface area (Å²) in [6, 6.07) is 11.9. The molecule has 6 nitrogen and oxygen atoms in total. The second-order valence-electron chi connectivity index (χ2n) is 5.60. The van der Waals surface area contributed by atoms with Crippen molar-refractivity contribution >= 4 is 46.4 Å². The molecule has 0 heterocycles. The fourth-order valence-electron chi connectivity index (χ4n) is 2.24. The van der Waals surface area contributed by atoms with Crippen molar-refractivity contribution in [2.24, 2.45) is 0 Å². The molecule has 2 aromatic rings. The first kappa shape index (κ1) is 20.0. The number of likely N-dealkylation sites (N-methyl/N-ethyl adjacent to an activating group) is 1. The van der Waals surface area contributed by atoms with Crippen LogP contribution in [0.1, 0.15) is 0 Å². The number of para-hydroxylation sites is 1. The summed E-state index contributed by atoms with van der Waals surface area (Å²) < 4.78 is 5.06. The van der Waals surface area contributed by atoms with Crippen LogP contribution in [0.25, 0.3) is 0 Å². The second-order valence-corrected chi connectivity index (χ2v) is 6.41. The van der Waals surface area contributed by atoms with Crippen molar-refractivity contribution in [3.05, 3.63) is 52.5 Å². The highest BCUT2D eigenvalue weighted by Gasteiger charge is 2.13. The van der Waals surface area contributed by atoms with Crippen LogP contribution in [-0.2, 0) is 9.59 Å². The molecular formula is C18H19Cl2N3O3. The maximum atomic E-state index is 12.1. The molecule has 0 fully saturated rings. The Hall–Kier alpha value is -2.28. The SMILES string of the molecule is COc1ccc(NC(=O)CN(C)CC(=O)Nc2ccccc2Cl)cc1Cl. The minimum absolute atomic E-state index is 0.0413. The lowest BCUT2D eigenvalue weighted by Crippen LogP contribution is -2.36. The third-order valence-corrected chi connectivity index (χ3v) is 4.04. The van der Waals surface area contributed by atoms with Crippen LogP contribution >= 0.6 is 23.2 Å². The molecule has 8 heteroatoms. The molecule has 0 saturated carbocycles. The number of halogens is 2. The Labute approximate surface area is 162 Å². The normalized spacial score (nSPS) is 10.5. The largest absolute Gasteiger partial charge is 0.495 e. The van der Waals surface area contributed by atoms with Crippen LogP contribution < -0.4 is 15.4 Å². The fourth-order valence-corrected chi connectivity index (χ4v) is 2.68. The Kier molecular flexibility index (Phi) is 7.26. The second kappa shape index (κ2) is 9.43. The predicted octanol–water partition coefficient (Wildman–Crippen LogP) is 3.51. The number of carbonyl (C=O) groups excluding carboxylic acids is 2. The van der Waals surface area contributed by atoms with Crippen molar-refractivity contribution in [1.82, 2.24) is 4.90 Å². The summed E-state index contributed by atoms with van der Waals surface area (Å²) in [4.78, 5) is 25.7. The molecular weight excluding hydrogens is 377 g/mol. The summed E-state index contributed by atoms with van der Waals surface area (Å²) in [5, 5.41) is 6.29. The van der Waals surface area contributed by atoms with Gasteiger partial charge in [0.2, 0.25) is 11.8 Å². The zero-order valence-electron chi connectivity index (χ0n) is 14.4. The van der Waals surface area contributed by atoms with Crippen LogP contribution in [0.2, 0.25) is 10.0 Å². The summed E-state index contributed by atoms with van der Waals surface area (Å²) in [6.07, 6.45) is 0. The highest BCUT2D eigenvalue weighted by atomic mass is 35.5. The van der Waals surface area contributed by atoms with E-state index in [1.807, 2.05) is 0 Å². The molecule has 0 aromatic heterocycles. The zero-order chi connectivity index (χ0) is 19.1. The Balaban J connectivity index is 1.84. The van der Waals surface area contributed by atoms with Crippen LogP contribution in [0, 0.1) is 0 Å². The minimum Gasteiger partial charge on any atom is -0.495 e. The molecule has 0 atom stereocenters. The molecule has 0 aliphatic carbocycles. The molecule has 2 aromatic carbocycles. The van der Waals surface area contributed by atoms with Crippen molar-refractivity contribution < 1.29 is 14.3 Å². The van der Waals surface area contributed by atoms with E-state index in [1.165, 1.54) is 7.11 Å². The van der Waals surface area contributed by atoms with Gasteiger partial charge in [-0.2, -0.15) is 0 Å². The number of rotatable bonds is 7. The molecule has 0 saturated heterocycles. The number of nitrogens with one attached hydrogen (secondary N) is 2. The highest BCUT2D eigenvalue weighted by molar-refractivity contribution is 6.33. The summed E-state index contributed by atoms with van der Waals surface area (Å²) in [5.74, 6) is -0.00167. The third-order valence-electron chi connectivity index (χ3n) is 3.41. The van der Waals surface area contributed by atoms with E-state index in [-0.39, 0.29) is 24.9 Å². The molecule has 0 bridgehead atoms. The fraction of sp³-hybridized carbons (Fsp3) is 0.222. The lowest BCUT2D eigenvalue weighted by atomic mass is 10.3. The molecule has 2 N–H and O–H groups in total. The van der Waals surface area contributed by atoms with Gasteiger partial charge in [-0.15, -0.1) is 0 Å². The lowest BCUT2D eigenvalue weighted by molar-refractivity contribution is -0.119. The van der Waals surface area contributed by atoms with E-state index in [0.29, 0.717) is 27.2 Å². The quantitative estimate of drug-likeness (QED) is 0.752. The van der Waals surface area contributed by atoms with E-state index < -0.39 is 0 Å². The Bertz CT molecular complexity index is 799. The predicted molar refractivity (Wildman–Crippen MR) is 104 cm³/mol. The zero-order valence-corrected chi connectivity index (χ0v) is 15.9. The monoisotopic (exact) mass is 395 g/mol. The van der Waals surface area contributed by atoms with Gasteiger partial charge in [0.15, 0.2) is 0 Å². The van der Waals surface area contributed by atoms with Gasteiger partial charge in [0.05, 0.1) is 35.9 Å². The maximum absolute atomic E-state index is 12.1. The van der Waals surface area contributed by atoms with Gasteiger partial charge in [0.25, 0.3) is 0 Å². The average molecular weight is 396 g/mol. The summed E-state index contributed by atoms with van der Waals surface area (Å²) in [7, 11) is 3.19. The van der Waals surface area contributed by atoms with Crippen molar-refractivity contribution in [3.8, 4) is 5.75 Å². The first-order valence-corrected chi connectivity index (χ1v) is 8.51. The Morgan fingerprint density at radius 3 is 2.27 bits per heavy atom. The van der Waals surface area contributed by atoms with Gasteiger partial charge in [0.1, 0.15) is 5.75 Å². The van der Waals surface area contributed by atoms with Gasteiger partial charge < -0.3 is 15.4 Å². The van der Waals surface area contributed by atoms with Crippen LogP contribution in [0.15, 0.2) is 42.5 Å². The third kappa shape index (κ3) is 5.91. The van der Waals surface area contributed by atoms with Crippen LogP contribution in [-0.4, -0.2) is 44.0 Å². The van der Waals surface area contributed by atoms with Gasteiger partial charge in [0, 0.05) is 5.69 Å². The smallest absolute Gasteiger partial charge is 0.238 e. The molecule has 2 amide bonds. The van der Waals surface area contributed by atoms with E-state index in [4.69, 9.17) is 27.9 Å². The van der Waals surface area contributed by atoms with Crippen molar-refractivity contribution in [2.45, 2.75) is 0 Å².